The molecule has 5 rings (SSSR count). The Bertz CT molecular complexity index is 1290. The summed E-state index contributed by atoms with van der Waals surface area (Å²) < 4.78 is 14.6. The molecule has 1 atom stereocenters. The number of likely N-dealkylation sites (N-methyl/N-ethyl adjacent to an activating group) is 1. The van der Waals surface area contributed by atoms with E-state index in [1.54, 1.807) is 18.5 Å². The number of carbonyl (C=O) groups excluding carboxylic acids is 1. The van der Waals surface area contributed by atoms with Gasteiger partial charge in [-0.05, 0) is 79.0 Å². The van der Waals surface area contributed by atoms with Gasteiger partial charge < -0.3 is 4.90 Å². The quantitative estimate of drug-likeness (QED) is 0.348. The van der Waals surface area contributed by atoms with Crippen LogP contribution in [0.5, 0.6) is 0 Å². The Morgan fingerprint density at radius 1 is 1.11 bits per heavy atom. The van der Waals surface area contributed by atoms with Crippen molar-refractivity contribution in [1.82, 2.24) is 19.8 Å². The molecule has 1 amide bonds. The predicted molar refractivity (Wildman–Crippen MR) is 138 cm³/mol. The van der Waals surface area contributed by atoms with Crippen molar-refractivity contribution >= 4 is 28.3 Å². The highest BCUT2D eigenvalue weighted by Crippen LogP contribution is 2.29. The summed E-state index contributed by atoms with van der Waals surface area (Å²) in [7, 11) is 1.87. The number of hydrogen-bond acceptors (Lipinski definition) is 5. The van der Waals surface area contributed by atoms with E-state index in [0.29, 0.717) is 23.5 Å². The van der Waals surface area contributed by atoms with Crippen molar-refractivity contribution in [2.75, 3.05) is 20.1 Å². The van der Waals surface area contributed by atoms with E-state index in [-0.39, 0.29) is 17.8 Å². The third-order valence-corrected chi connectivity index (χ3v) is 7.77. The van der Waals surface area contributed by atoms with Gasteiger partial charge in [0.2, 0.25) is 0 Å². The molecule has 1 saturated heterocycles. The molecule has 3 heterocycles. The summed E-state index contributed by atoms with van der Waals surface area (Å²) in [6, 6.07) is 15.0. The Hall–Kier alpha value is -3.16. The molecule has 1 fully saturated rings. The van der Waals surface area contributed by atoms with Crippen LogP contribution in [0.4, 0.5) is 4.39 Å². The minimum Gasteiger partial charge on any atom is -0.338 e. The van der Waals surface area contributed by atoms with Gasteiger partial charge in [0.05, 0.1) is 16.6 Å². The smallest absolute Gasteiger partial charge is 0.254 e. The van der Waals surface area contributed by atoms with Crippen LogP contribution in [0.15, 0.2) is 71.7 Å². The lowest BCUT2D eigenvalue weighted by molar-refractivity contribution is 0.0584. The van der Waals surface area contributed by atoms with Crippen molar-refractivity contribution in [3.63, 3.8) is 0 Å². The average Bonchev–Trinajstić information content (AvgIpc) is 3.43. The molecule has 35 heavy (non-hydrogen) atoms. The van der Waals surface area contributed by atoms with Gasteiger partial charge in [-0.2, -0.15) is 11.3 Å². The molecule has 2 aromatic carbocycles. The van der Waals surface area contributed by atoms with Crippen LogP contribution in [0.3, 0.4) is 0 Å². The molecule has 0 bridgehead atoms. The summed E-state index contributed by atoms with van der Waals surface area (Å²) in [5.74, 6) is 0.110. The van der Waals surface area contributed by atoms with Crippen LogP contribution in [0.1, 0.15) is 34.3 Å². The maximum absolute atomic E-state index is 14.6. The minimum absolute atomic E-state index is 0.00675. The van der Waals surface area contributed by atoms with Gasteiger partial charge >= 0.3 is 0 Å². The molecule has 1 aliphatic heterocycles. The van der Waals surface area contributed by atoms with E-state index in [4.69, 9.17) is 0 Å². The minimum atomic E-state index is -0.203. The van der Waals surface area contributed by atoms with Crippen molar-refractivity contribution in [3.8, 4) is 0 Å². The van der Waals surface area contributed by atoms with E-state index in [0.717, 1.165) is 43.5 Å². The standard InChI is InChI=1S/C28H29FN4OS/c1-32(28(34)23-10-15-35-19-23)27(17-22-4-2-3-5-24(22)29)21-8-13-33(14-9-21)18-20-6-7-25-26(16-20)31-12-11-30-25/h2-7,10-12,15-16,19,21,27H,8-9,13-14,17-18H2,1H3. The van der Waals surface area contributed by atoms with Crippen molar-refractivity contribution in [2.45, 2.75) is 31.8 Å². The lowest BCUT2D eigenvalue weighted by Gasteiger charge is -2.40. The number of fused-ring (bicyclic) bond motifs is 1. The maximum atomic E-state index is 14.6. The summed E-state index contributed by atoms with van der Waals surface area (Å²) in [6.45, 7) is 2.75. The first-order valence-corrected chi connectivity index (χ1v) is 13.0. The van der Waals surface area contributed by atoms with Gasteiger partial charge in [0.25, 0.3) is 5.91 Å². The van der Waals surface area contributed by atoms with Crippen molar-refractivity contribution in [1.29, 1.82) is 0 Å². The number of piperidine rings is 1. The number of amides is 1. The lowest BCUT2D eigenvalue weighted by Crippen LogP contribution is -2.47. The molecule has 2 aromatic heterocycles. The number of carbonyl (C=O) groups is 1. The van der Waals surface area contributed by atoms with E-state index < -0.39 is 0 Å². The van der Waals surface area contributed by atoms with Gasteiger partial charge in [-0.3, -0.25) is 19.7 Å². The maximum Gasteiger partial charge on any atom is 0.254 e. The second-order valence-electron chi connectivity index (χ2n) is 9.28. The lowest BCUT2D eigenvalue weighted by atomic mass is 9.84. The molecule has 180 valence electrons. The van der Waals surface area contributed by atoms with Gasteiger partial charge in [0.1, 0.15) is 5.82 Å². The summed E-state index contributed by atoms with van der Waals surface area (Å²) >= 11 is 1.52. The highest BCUT2D eigenvalue weighted by Gasteiger charge is 2.32. The largest absolute Gasteiger partial charge is 0.338 e. The van der Waals surface area contributed by atoms with Gasteiger partial charge in [0, 0.05) is 37.4 Å². The molecule has 0 N–H and O–H groups in total. The Kier molecular flexibility index (Phi) is 7.16. The zero-order valence-electron chi connectivity index (χ0n) is 19.8. The van der Waals surface area contributed by atoms with Gasteiger partial charge in [-0.25, -0.2) is 4.39 Å². The number of likely N-dealkylation sites (tertiary alicyclic amines) is 1. The van der Waals surface area contributed by atoms with E-state index in [1.807, 2.05) is 47.0 Å². The number of hydrogen-bond donors (Lipinski definition) is 0. The average molecular weight is 489 g/mol. The van der Waals surface area contributed by atoms with Crippen molar-refractivity contribution in [2.24, 2.45) is 5.92 Å². The summed E-state index contributed by atoms with van der Waals surface area (Å²) in [5.41, 5.74) is 4.42. The molecule has 7 heteroatoms. The molecule has 1 aliphatic rings. The topological polar surface area (TPSA) is 49.3 Å². The van der Waals surface area contributed by atoms with E-state index in [2.05, 4.69) is 27.0 Å². The molecular formula is C28H29FN4OS. The van der Waals surface area contributed by atoms with Crippen LogP contribution in [0.25, 0.3) is 11.0 Å². The zero-order valence-corrected chi connectivity index (χ0v) is 20.6. The van der Waals surface area contributed by atoms with Crippen LogP contribution in [-0.2, 0) is 13.0 Å². The second kappa shape index (κ2) is 10.6. The molecule has 0 saturated carbocycles. The SMILES string of the molecule is CN(C(=O)c1ccsc1)C(Cc1ccccc1F)C1CCN(Cc2ccc3nccnc3c2)CC1. The first kappa shape index (κ1) is 23.6. The van der Waals surface area contributed by atoms with Gasteiger partial charge in [0.15, 0.2) is 0 Å². The number of halogens is 1. The Labute approximate surface area is 209 Å². The summed E-state index contributed by atoms with van der Waals surface area (Å²) in [6.07, 6.45) is 5.89. The zero-order chi connectivity index (χ0) is 24.2. The summed E-state index contributed by atoms with van der Waals surface area (Å²) in [4.78, 5) is 26.3. The number of thiophene rings is 1. The Morgan fingerprint density at radius 3 is 2.63 bits per heavy atom. The van der Waals surface area contributed by atoms with Crippen LogP contribution in [0.2, 0.25) is 0 Å². The van der Waals surface area contributed by atoms with Gasteiger partial charge in [-0.15, -0.1) is 0 Å². The molecular weight excluding hydrogens is 459 g/mol. The molecule has 0 aliphatic carbocycles. The number of rotatable bonds is 7. The number of aromatic nitrogens is 2. The fourth-order valence-electron chi connectivity index (χ4n) is 5.11. The van der Waals surface area contributed by atoms with E-state index in [9.17, 15) is 9.18 Å². The first-order chi connectivity index (χ1) is 17.1. The van der Waals surface area contributed by atoms with Crippen LogP contribution in [0, 0.1) is 11.7 Å². The van der Waals surface area contributed by atoms with E-state index >= 15 is 0 Å². The highest BCUT2D eigenvalue weighted by atomic mass is 32.1. The number of benzene rings is 2. The van der Waals surface area contributed by atoms with Crippen LogP contribution >= 0.6 is 11.3 Å². The first-order valence-electron chi connectivity index (χ1n) is 12.0. The monoisotopic (exact) mass is 488 g/mol. The normalized spacial score (nSPS) is 15.8. The third-order valence-electron chi connectivity index (χ3n) is 7.09. The molecule has 4 aromatic rings. The Balaban J connectivity index is 1.29. The molecule has 0 radical (unpaired) electrons. The third kappa shape index (κ3) is 5.41. The molecule has 5 nitrogen and oxygen atoms in total. The predicted octanol–water partition coefficient (Wildman–Crippen LogP) is 5.43. The Morgan fingerprint density at radius 2 is 1.89 bits per heavy atom. The highest BCUT2D eigenvalue weighted by molar-refractivity contribution is 7.08. The van der Waals surface area contributed by atoms with Crippen LogP contribution in [-0.4, -0.2) is 51.9 Å². The fraction of sp³-hybridized carbons (Fsp3) is 0.321. The summed E-state index contributed by atoms with van der Waals surface area (Å²) in [5, 5.41) is 3.80. The number of nitrogens with zero attached hydrogens (tertiary/aromatic N) is 4. The van der Waals surface area contributed by atoms with Crippen LogP contribution < -0.4 is 0 Å². The fourth-order valence-corrected chi connectivity index (χ4v) is 5.74. The van der Waals surface area contributed by atoms with Gasteiger partial charge in [-0.1, -0.05) is 24.3 Å². The van der Waals surface area contributed by atoms with E-state index in [1.165, 1.54) is 23.0 Å². The second-order valence-corrected chi connectivity index (χ2v) is 10.1. The van der Waals surface area contributed by atoms with Crippen molar-refractivity contribution < 1.29 is 9.18 Å². The molecule has 1 unspecified atom stereocenters. The molecule has 0 spiro atoms. The van der Waals surface area contributed by atoms with Crippen molar-refractivity contribution in [3.05, 3.63) is 94.2 Å².